The van der Waals surface area contributed by atoms with Crippen LogP contribution in [-0.4, -0.2) is 11.1 Å². The summed E-state index contributed by atoms with van der Waals surface area (Å²) in [5.74, 6) is -1.40. The highest BCUT2D eigenvalue weighted by molar-refractivity contribution is 8.03. The number of benzene rings is 1. The molecule has 1 aromatic carbocycles. The lowest BCUT2D eigenvalue weighted by Crippen LogP contribution is -2.06. The molecule has 0 amide bonds. The molecule has 4 heteroatoms. The van der Waals surface area contributed by atoms with E-state index in [0.717, 1.165) is 34.4 Å². The lowest BCUT2D eigenvalue weighted by Gasteiger charge is -2.15. The van der Waals surface area contributed by atoms with Gasteiger partial charge in [0.2, 0.25) is 0 Å². The van der Waals surface area contributed by atoms with Gasteiger partial charge in [-0.05, 0) is 68.6 Å². The number of rotatable bonds is 4. The lowest BCUT2D eigenvalue weighted by atomic mass is 10.0. The summed E-state index contributed by atoms with van der Waals surface area (Å²) in [6, 6.07) is 1.52. The minimum atomic E-state index is -1.19. The van der Waals surface area contributed by atoms with Crippen LogP contribution in [-0.2, 0) is 0 Å². The third-order valence-corrected chi connectivity index (χ3v) is 5.12. The number of carbonyl (C=O) groups is 1. The molecule has 0 spiro atoms. The van der Waals surface area contributed by atoms with Gasteiger partial charge >= 0.3 is 5.97 Å². The van der Waals surface area contributed by atoms with Gasteiger partial charge in [0.15, 0.2) is 5.82 Å². The van der Waals surface area contributed by atoms with Crippen LogP contribution in [0.4, 0.5) is 4.39 Å². The Kier molecular flexibility index (Phi) is 4.23. The van der Waals surface area contributed by atoms with Gasteiger partial charge in [0.25, 0.3) is 0 Å². The van der Waals surface area contributed by atoms with Gasteiger partial charge in [-0.3, -0.25) is 0 Å². The Morgan fingerprint density at radius 1 is 1.35 bits per heavy atom. The van der Waals surface area contributed by atoms with Gasteiger partial charge in [0.1, 0.15) is 0 Å². The molecule has 0 atom stereocenters. The molecular formula is C16H19FO2S. The normalized spacial score (nSPS) is 14.2. The summed E-state index contributed by atoms with van der Waals surface area (Å²) in [6.45, 7) is 7.77. The van der Waals surface area contributed by atoms with E-state index in [4.69, 9.17) is 0 Å². The molecule has 0 unspecified atom stereocenters. The number of carboxylic acid groups (broad SMARTS) is 1. The molecule has 0 aromatic heterocycles. The van der Waals surface area contributed by atoms with Gasteiger partial charge in [-0.1, -0.05) is 17.3 Å². The Balaban J connectivity index is 2.58. The first-order valence-corrected chi connectivity index (χ1v) is 7.52. The average molecular weight is 294 g/mol. The SMILES string of the molecule is CC(C)=C(C)Sc1c(C)c(C2CC2)cc(C(=O)O)c1F. The largest absolute Gasteiger partial charge is 0.478 e. The smallest absolute Gasteiger partial charge is 0.338 e. The van der Waals surface area contributed by atoms with Gasteiger partial charge in [-0.25, -0.2) is 9.18 Å². The molecule has 108 valence electrons. The highest BCUT2D eigenvalue weighted by Crippen LogP contribution is 2.46. The van der Waals surface area contributed by atoms with E-state index in [1.807, 2.05) is 27.7 Å². The van der Waals surface area contributed by atoms with Crippen LogP contribution in [0, 0.1) is 12.7 Å². The molecule has 1 fully saturated rings. The third kappa shape index (κ3) is 2.90. The van der Waals surface area contributed by atoms with Crippen molar-refractivity contribution in [2.45, 2.75) is 51.3 Å². The van der Waals surface area contributed by atoms with Crippen LogP contribution in [0.2, 0.25) is 0 Å². The number of carboxylic acids is 1. The lowest BCUT2D eigenvalue weighted by molar-refractivity contribution is 0.0691. The first-order valence-electron chi connectivity index (χ1n) is 6.71. The Hall–Kier alpha value is -1.29. The van der Waals surface area contributed by atoms with Gasteiger partial charge in [-0.2, -0.15) is 0 Å². The van der Waals surface area contributed by atoms with Crippen molar-refractivity contribution >= 4 is 17.7 Å². The molecule has 1 aliphatic rings. The predicted molar refractivity (Wildman–Crippen MR) is 80.0 cm³/mol. The summed E-state index contributed by atoms with van der Waals surface area (Å²) in [7, 11) is 0. The second-order valence-electron chi connectivity index (χ2n) is 5.52. The number of aromatic carboxylic acids is 1. The van der Waals surface area contributed by atoms with Crippen molar-refractivity contribution in [2.75, 3.05) is 0 Å². The van der Waals surface area contributed by atoms with Crippen molar-refractivity contribution < 1.29 is 14.3 Å². The zero-order valence-electron chi connectivity index (χ0n) is 12.2. The number of allylic oxidation sites excluding steroid dienone is 2. The highest BCUT2D eigenvalue weighted by atomic mass is 32.2. The Morgan fingerprint density at radius 3 is 2.40 bits per heavy atom. The van der Waals surface area contributed by atoms with Crippen LogP contribution in [0.15, 0.2) is 21.4 Å². The van der Waals surface area contributed by atoms with E-state index in [1.54, 1.807) is 0 Å². The van der Waals surface area contributed by atoms with Crippen LogP contribution in [0.3, 0.4) is 0 Å². The second-order valence-corrected chi connectivity index (χ2v) is 6.74. The molecule has 2 rings (SSSR count). The molecule has 0 aliphatic heterocycles. The highest BCUT2D eigenvalue weighted by Gasteiger charge is 2.30. The summed E-state index contributed by atoms with van der Waals surface area (Å²) < 4.78 is 14.4. The number of hydrogen-bond donors (Lipinski definition) is 1. The number of thioether (sulfide) groups is 1. The fourth-order valence-electron chi connectivity index (χ4n) is 2.10. The molecule has 1 aliphatic carbocycles. The topological polar surface area (TPSA) is 37.3 Å². The van der Waals surface area contributed by atoms with E-state index in [-0.39, 0.29) is 5.56 Å². The molecule has 20 heavy (non-hydrogen) atoms. The molecule has 0 radical (unpaired) electrons. The van der Waals surface area contributed by atoms with E-state index in [0.29, 0.717) is 10.8 Å². The van der Waals surface area contributed by atoms with Gasteiger partial charge in [-0.15, -0.1) is 0 Å². The van der Waals surface area contributed by atoms with Crippen molar-refractivity contribution in [2.24, 2.45) is 0 Å². The fraction of sp³-hybridized carbons (Fsp3) is 0.438. The fourth-order valence-corrected chi connectivity index (χ4v) is 3.08. The second kappa shape index (κ2) is 5.60. The molecule has 2 nitrogen and oxygen atoms in total. The average Bonchev–Trinajstić information content (AvgIpc) is 3.17. The molecule has 1 aromatic rings. The van der Waals surface area contributed by atoms with Crippen molar-refractivity contribution in [3.63, 3.8) is 0 Å². The first-order chi connectivity index (χ1) is 9.32. The van der Waals surface area contributed by atoms with Crippen LogP contribution in [0.1, 0.15) is 61.0 Å². The maximum absolute atomic E-state index is 14.4. The zero-order chi connectivity index (χ0) is 15.0. The summed E-state index contributed by atoms with van der Waals surface area (Å²) in [4.78, 5) is 12.7. The molecule has 1 saturated carbocycles. The van der Waals surface area contributed by atoms with Crippen LogP contribution in [0.5, 0.6) is 0 Å². The van der Waals surface area contributed by atoms with E-state index in [9.17, 15) is 14.3 Å². The van der Waals surface area contributed by atoms with Crippen molar-refractivity contribution in [3.8, 4) is 0 Å². The quantitative estimate of drug-likeness (QED) is 0.783. The van der Waals surface area contributed by atoms with Crippen molar-refractivity contribution in [1.82, 2.24) is 0 Å². The molecule has 0 saturated heterocycles. The molecule has 0 heterocycles. The van der Waals surface area contributed by atoms with Crippen LogP contribution in [0.25, 0.3) is 0 Å². The Labute approximate surface area is 123 Å². The maximum Gasteiger partial charge on any atom is 0.338 e. The van der Waals surface area contributed by atoms with E-state index in [2.05, 4.69) is 0 Å². The Morgan fingerprint density at radius 2 is 1.95 bits per heavy atom. The number of halogens is 1. The molecular weight excluding hydrogens is 275 g/mol. The standard InChI is InChI=1S/C16H19FO2S/c1-8(2)10(4)20-15-9(3)12(11-5-6-11)7-13(14(15)17)16(18)19/h7,11H,5-6H2,1-4H3,(H,18,19). The Bertz CT molecular complexity index is 597. The number of hydrogen-bond acceptors (Lipinski definition) is 2. The summed E-state index contributed by atoms with van der Waals surface area (Å²) in [5.41, 5.74) is 2.79. The van der Waals surface area contributed by atoms with Gasteiger partial charge in [0, 0.05) is 0 Å². The van der Waals surface area contributed by atoms with E-state index < -0.39 is 11.8 Å². The zero-order valence-corrected chi connectivity index (χ0v) is 13.0. The van der Waals surface area contributed by atoms with Crippen molar-refractivity contribution in [1.29, 1.82) is 0 Å². The van der Waals surface area contributed by atoms with Crippen LogP contribution < -0.4 is 0 Å². The van der Waals surface area contributed by atoms with Gasteiger partial charge in [0.05, 0.1) is 10.5 Å². The molecule has 0 bridgehead atoms. The summed E-state index contributed by atoms with van der Waals surface area (Å²) in [6.07, 6.45) is 2.13. The maximum atomic E-state index is 14.4. The molecule has 1 N–H and O–H groups in total. The van der Waals surface area contributed by atoms with Gasteiger partial charge < -0.3 is 5.11 Å². The summed E-state index contributed by atoms with van der Waals surface area (Å²) >= 11 is 1.34. The predicted octanol–water partition coefficient (Wildman–Crippen LogP) is 5.12. The minimum Gasteiger partial charge on any atom is -0.478 e. The van der Waals surface area contributed by atoms with Crippen molar-refractivity contribution in [3.05, 3.63) is 39.1 Å². The van der Waals surface area contributed by atoms with E-state index in [1.165, 1.54) is 17.8 Å². The third-order valence-electron chi connectivity index (χ3n) is 3.72. The minimum absolute atomic E-state index is 0.207. The monoisotopic (exact) mass is 294 g/mol. The van der Waals surface area contributed by atoms with E-state index >= 15 is 0 Å². The first kappa shape index (κ1) is 15.1. The summed E-state index contributed by atoms with van der Waals surface area (Å²) in [5, 5.41) is 9.19. The van der Waals surface area contributed by atoms with Crippen LogP contribution >= 0.6 is 11.8 Å².